The molecule has 0 aliphatic carbocycles. The van der Waals surface area contributed by atoms with Gasteiger partial charge in [-0.05, 0) is 86.8 Å². The summed E-state index contributed by atoms with van der Waals surface area (Å²) in [6, 6.07) is 76.4. The third-order valence-electron chi connectivity index (χ3n) is 11.6. The molecule has 4 nitrogen and oxygen atoms in total. The van der Waals surface area contributed by atoms with Crippen LogP contribution >= 0.6 is 0 Å². The maximum absolute atomic E-state index is 6.62. The maximum Gasteiger partial charge on any atom is 0.164 e. The highest BCUT2D eigenvalue weighted by atomic mass is 16.3. The molecule has 0 aliphatic rings. The lowest BCUT2D eigenvalue weighted by Gasteiger charge is -2.13. The predicted octanol–water partition coefficient (Wildman–Crippen LogP) is 15.4. The first kappa shape index (κ1) is 36.8. The van der Waals surface area contributed by atoms with Crippen LogP contribution in [0.2, 0.25) is 0 Å². The van der Waals surface area contributed by atoms with E-state index in [9.17, 15) is 0 Å². The Morgan fingerprint density at radius 1 is 0.290 bits per heavy atom. The minimum absolute atomic E-state index is 0.570. The molecule has 0 fully saturated rings. The monoisotopic (exact) mass is 793 g/mol. The Kier molecular flexibility index (Phi) is 9.36. The second kappa shape index (κ2) is 15.8. The van der Waals surface area contributed by atoms with Gasteiger partial charge in [0.25, 0.3) is 0 Å². The molecule has 0 aliphatic heterocycles. The van der Waals surface area contributed by atoms with Crippen molar-refractivity contribution in [2.75, 3.05) is 0 Å². The van der Waals surface area contributed by atoms with Crippen molar-refractivity contribution in [2.45, 2.75) is 6.92 Å². The standard InChI is InChI=1S/C58H39N3O/c1-38-13-10-19-46(35-38)49-21-8-9-22-51(49)58-60-56(47-20-11-18-45(36-47)43-27-25-41(26-28-43)39-14-4-2-5-15-39)59-57(61-58)48-33-34-52-54(37-48)62-53-24-12-23-50(55(52)53)44-31-29-42(30-32-44)40-16-6-3-7-17-40/h2-37H,1H3. The van der Waals surface area contributed by atoms with E-state index in [4.69, 9.17) is 19.4 Å². The Morgan fingerprint density at radius 3 is 1.44 bits per heavy atom. The molecule has 11 aromatic rings. The predicted molar refractivity (Wildman–Crippen MR) is 255 cm³/mol. The van der Waals surface area contributed by atoms with Crippen LogP contribution in [0.4, 0.5) is 0 Å². The molecule has 62 heavy (non-hydrogen) atoms. The Hall–Kier alpha value is -8.21. The van der Waals surface area contributed by atoms with Crippen LogP contribution in [0.25, 0.3) is 112 Å². The normalized spacial score (nSPS) is 11.3. The summed E-state index contributed by atoms with van der Waals surface area (Å²) in [4.78, 5) is 15.6. The molecule has 0 bridgehead atoms. The lowest BCUT2D eigenvalue weighted by Crippen LogP contribution is -2.01. The number of nitrogens with zero attached hydrogens (tertiary/aromatic N) is 3. The van der Waals surface area contributed by atoms with Gasteiger partial charge in [-0.2, -0.15) is 0 Å². The zero-order valence-corrected chi connectivity index (χ0v) is 34.0. The van der Waals surface area contributed by atoms with Crippen molar-refractivity contribution in [3.63, 3.8) is 0 Å². The average Bonchev–Trinajstić information content (AvgIpc) is 3.73. The van der Waals surface area contributed by atoms with Gasteiger partial charge in [0.15, 0.2) is 17.5 Å². The van der Waals surface area contributed by atoms with Crippen LogP contribution in [0.1, 0.15) is 5.56 Å². The highest BCUT2D eigenvalue weighted by molar-refractivity contribution is 6.13. The van der Waals surface area contributed by atoms with Crippen LogP contribution in [0, 0.1) is 6.92 Å². The van der Waals surface area contributed by atoms with Gasteiger partial charge < -0.3 is 4.42 Å². The van der Waals surface area contributed by atoms with Gasteiger partial charge in [0, 0.05) is 27.5 Å². The Bertz CT molecular complexity index is 3390. The van der Waals surface area contributed by atoms with E-state index in [0.29, 0.717) is 17.5 Å². The van der Waals surface area contributed by atoms with Crippen molar-refractivity contribution in [1.29, 1.82) is 0 Å². The molecule has 0 spiro atoms. The molecule has 0 saturated carbocycles. The van der Waals surface area contributed by atoms with Crippen LogP contribution in [0.5, 0.6) is 0 Å². The summed E-state index contributed by atoms with van der Waals surface area (Å²) in [7, 11) is 0. The highest BCUT2D eigenvalue weighted by Gasteiger charge is 2.19. The van der Waals surface area contributed by atoms with E-state index in [2.05, 4.69) is 201 Å². The number of aryl methyl sites for hydroxylation is 1. The Morgan fingerprint density at radius 2 is 0.758 bits per heavy atom. The van der Waals surface area contributed by atoms with Gasteiger partial charge in [0.1, 0.15) is 11.2 Å². The molecule has 0 atom stereocenters. The zero-order chi connectivity index (χ0) is 41.4. The van der Waals surface area contributed by atoms with Crippen molar-refractivity contribution >= 4 is 21.9 Å². The van der Waals surface area contributed by atoms with E-state index in [-0.39, 0.29) is 0 Å². The second-order valence-corrected chi connectivity index (χ2v) is 15.7. The quantitative estimate of drug-likeness (QED) is 0.154. The van der Waals surface area contributed by atoms with Gasteiger partial charge in [-0.25, -0.2) is 15.0 Å². The average molecular weight is 794 g/mol. The summed E-state index contributed by atoms with van der Waals surface area (Å²) in [6.07, 6.45) is 0. The number of furan rings is 1. The number of benzene rings is 9. The first-order valence-electron chi connectivity index (χ1n) is 20.9. The van der Waals surface area contributed by atoms with Crippen LogP contribution < -0.4 is 0 Å². The second-order valence-electron chi connectivity index (χ2n) is 15.7. The summed E-state index contributed by atoms with van der Waals surface area (Å²) in [5.74, 6) is 1.77. The van der Waals surface area contributed by atoms with Crippen LogP contribution in [0.3, 0.4) is 0 Å². The van der Waals surface area contributed by atoms with Crippen molar-refractivity contribution < 1.29 is 4.42 Å². The minimum atomic E-state index is 0.570. The molecule has 0 amide bonds. The summed E-state index contributed by atoms with van der Waals surface area (Å²) in [5.41, 5.74) is 16.9. The van der Waals surface area contributed by atoms with E-state index >= 15 is 0 Å². The van der Waals surface area contributed by atoms with E-state index in [0.717, 1.165) is 72.0 Å². The van der Waals surface area contributed by atoms with Crippen molar-refractivity contribution in [2.24, 2.45) is 0 Å². The first-order chi connectivity index (χ1) is 30.6. The summed E-state index contributed by atoms with van der Waals surface area (Å²) in [5, 5.41) is 2.12. The fourth-order valence-corrected chi connectivity index (χ4v) is 8.50. The maximum atomic E-state index is 6.62. The fraction of sp³-hybridized carbons (Fsp3) is 0.0172. The molecule has 4 heteroatoms. The summed E-state index contributed by atoms with van der Waals surface area (Å²) >= 11 is 0. The highest BCUT2D eigenvalue weighted by Crippen LogP contribution is 2.40. The third kappa shape index (κ3) is 7.04. The van der Waals surface area contributed by atoms with E-state index in [1.54, 1.807) is 0 Å². The molecule has 0 radical (unpaired) electrons. The van der Waals surface area contributed by atoms with Crippen molar-refractivity contribution in [1.82, 2.24) is 15.0 Å². The number of fused-ring (bicyclic) bond motifs is 3. The van der Waals surface area contributed by atoms with Crippen LogP contribution in [-0.2, 0) is 0 Å². The van der Waals surface area contributed by atoms with E-state index in [1.807, 2.05) is 24.3 Å². The summed E-state index contributed by atoms with van der Waals surface area (Å²) in [6.45, 7) is 2.12. The summed E-state index contributed by atoms with van der Waals surface area (Å²) < 4.78 is 6.62. The third-order valence-corrected chi connectivity index (χ3v) is 11.6. The van der Waals surface area contributed by atoms with E-state index in [1.165, 1.54) is 27.8 Å². The molecular weight excluding hydrogens is 755 g/mol. The molecular formula is C58H39N3O. The molecule has 0 saturated heterocycles. The van der Waals surface area contributed by atoms with Crippen molar-refractivity contribution in [3.05, 3.63) is 224 Å². The van der Waals surface area contributed by atoms with E-state index < -0.39 is 0 Å². The lowest BCUT2D eigenvalue weighted by molar-refractivity contribution is 0.669. The molecule has 2 aromatic heterocycles. The smallest absolute Gasteiger partial charge is 0.164 e. The van der Waals surface area contributed by atoms with Gasteiger partial charge >= 0.3 is 0 Å². The Labute approximate surface area is 360 Å². The van der Waals surface area contributed by atoms with Crippen LogP contribution in [0.15, 0.2) is 223 Å². The van der Waals surface area contributed by atoms with Gasteiger partial charge in [0.05, 0.1) is 0 Å². The lowest BCUT2D eigenvalue weighted by atomic mass is 9.96. The number of hydrogen-bond acceptors (Lipinski definition) is 4. The molecule has 0 unspecified atom stereocenters. The molecule has 11 rings (SSSR count). The SMILES string of the molecule is Cc1cccc(-c2ccccc2-c2nc(-c3cccc(-c4ccc(-c5ccccc5)cc4)c3)nc(-c3ccc4c(c3)oc3cccc(-c5ccc(-c6ccccc6)cc5)c34)n2)c1. The molecule has 292 valence electrons. The topological polar surface area (TPSA) is 51.8 Å². The number of aromatic nitrogens is 3. The molecule has 0 N–H and O–H groups in total. The fourth-order valence-electron chi connectivity index (χ4n) is 8.50. The zero-order valence-electron chi connectivity index (χ0n) is 34.0. The minimum Gasteiger partial charge on any atom is -0.456 e. The van der Waals surface area contributed by atoms with Crippen LogP contribution in [-0.4, -0.2) is 15.0 Å². The van der Waals surface area contributed by atoms with Gasteiger partial charge in [-0.3, -0.25) is 0 Å². The Balaban J connectivity index is 1.02. The molecule has 9 aromatic carbocycles. The van der Waals surface area contributed by atoms with Gasteiger partial charge in [-0.15, -0.1) is 0 Å². The van der Waals surface area contributed by atoms with Gasteiger partial charge in [0.2, 0.25) is 0 Å². The largest absolute Gasteiger partial charge is 0.456 e. The van der Waals surface area contributed by atoms with Crippen molar-refractivity contribution in [3.8, 4) is 89.8 Å². The molecule has 2 heterocycles. The number of rotatable bonds is 8. The number of hydrogen-bond donors (Lipinski definition) is 0. The van der Waals surface area contributed by atoms with Gasteiger partial charge in [-0.1, -0.05) is 200 Å². The first-order valence-corrected chi connectivity index (χ1v) is 20.9.